The molecule has 10 heteroatoms. The van der Waals surface area contributed by atoms with Crippen LogP contribution in [0.3, 0.4) is 0 Å². The van der Waals surface area contributed by atoms with Crippen molar-refractivity contribution in [3.8, 4) is 11.8 Å². The number of anilines is 3. The number of hydrogen-bond donors (Lipinski definition) is 3. The van der Waals surface area contributed by atoms with E-state index >= 15 is 0 Å². The van der Waals surface area contributed by atoms with Gasteiger partial charge in [0.25, 0.3) is 0 Å². The second-order valence-electron chi connectivity index (χ2n) is 8.89. The Hall–Kier alpha value is -3.97. The first-order valence-corrected chi connectivity index (χ1v) is 12.3. The van der Waals surface area contributed by atoms with Crippen molar-refractivity contribution in [3.63, 3.8) is 0 Å². The summed E-state index contributed by atoms with van der Waals surface area (Å²) in [5.41, 5.74) is 1.19. The van der Waals surface area contributed by atoms with E-state index in [9.17, 15) is 14.0 Å². The maximum atomic E-state index is 13.4. The van der Waals surface area contributed by atoms with Crippen LogP contribution in [0, 0.1) is 17.7 Å². The number of carbonyl (C=O) groups excluding carboxylic acids is 2. The minimum absolute atomic E-state index is 0.118. The smallest absolute Gasteiger partial charge is 0.246 e. The van der Waals surface area contributed by atoms with E-state index in [4.69, 9.17) is 0 Å². The van der Waals surface area contributed by atoms with Gasteiger partial charge in [0.1, 0.15) is 17.7 Å². The fourth-order valence-electron chi connectivity index (χ4n) is 3.85. The maximum Gasteiger partial charge on any atom is 0.246 e. The highest BCUT2D eigenvalue weighted by atomic mass is 19.1. The Morgan fingerprint density at radius 1 is 1.32 bits per heavy atom. The average molecular weight is 508 g/mol. The molecule has 0 bridgehead atoms. The zero-order valence-electron chi connectivity index (χ0n) is 21.6. The Kier molecular flexibility index (Phi) is 10.4. The largest absolute Gasteiger partial charge is 0.372 e. The zero-order valence-corrected chi connectivity index (χ0v) is 21.6. The summed E-state index contributed by atoms with van der Waals surface area (Å²) in [6, 6.07) is 5.64. The minimum Gasteiger partial charge on any atom is -0.372 e. The molecule has 1 fully saturated rings. The van der Waals surface area contributed by atoms with Gasteiger partial charge in [-0.3, -0.25) is 9.59 Å². The Bertz CT molecular complexity index is 1170. The Balaban J connectivity index is 1.45. The van der Waals surface area contributed by atoms with Crippen LogP contribution in [0.15, 0.2) is 42.6 Å². The van der Waals surface area contributed by atoms with Crippen LogP contribution in [0.5, 0.6) is 0 Å². The van der Waals surface area contributed by atoms with E-state index in [-0.39, 0.29) is 17.6 Å². The summed E-state index contributed by atoms with van der Waals surface area (Å²) in [6.45, 7) is 1.75. The molecule has 1 aromatic heterocycles. The fourth-order valence-corrected chi connectivity index (χ4v) is 3.85. The molecule has 0 saturated carbocycles. The quantitative estimate of drug-likeness (QED) is 0.258. The third-order valence-electron chi connectivity index (χ3n) is 5.68. The number of aromatic nitrogens is 2. The predicted molar refractivity (Wildman–Crippen MR) is 143 cm³/mol. The number of benzene rings is 1. The molecule has 3 N–H and O–H groups in total. The van der Waals surface area contributed by atoms with Crippen LogP contribution in [-0.2, 0) is 9.59 Å². The van der Waals surface area contributed by atoms with Gasteiger partial charge >= 0.3 is 0 Å². The predicted octanol–water partition coefficient (Wildman–Crippen LogP) is 2.76. The molecular weight excluding hydrogens is 473 g/mol. The zero-order chi connectivity index (χ0) is 26.6. The molecule has 1 aliphatic rings. The number of likely N-dealkylation sites (tertiary alicyclic amines) is 1. The Morgan fingerprint density at radius 2 is 2.16 bits per heavy atom. The summed E-state index contributed by atoms with van der Waals surface area (Å²) in [5.74, 6) is 6.44. The van der Waals surface area contributed by atoms with Crippen LogP contribution < -0.4 is 16.0 Å². The molecule has 196 valence electrons. The van der Waals surface area contributed by atoms with E-state index in [0.29, 0.717) is 61.9 Å². The number of unbranched alkanes of at least 4 members (excludes halogenated alkanes) is 1. The van der Waals surface area contributed by atoms with Crippen molar-refractivity contribution in [1.29, 1.82) is 0 Å². The molecule has 1 atom stereocenters. The summed E-state index contributed by atoms with van der Waals surface area (Å²) in [6.07, 6.45) is 7.72. The molecule has 0 aliphatic carbocycles. The van der Waals surface area contributed by atoms with Crippen molar-refractivity contribution in [2.24, 2.45) is 0 Å². The monoisotopic (exact) mass is 507 g/mol. The number of likely N-dealkylation sites (N-methyl/N-ethyl adjacent to an activating group) is 1. The molecule has 3 rings (SSSR count). The normalized spacial score (nSPS) is 14.9. The number of halogens is 1. The third-order valence-corrected chi connectivity index (χ3v) is 5.68. The topological polar surface area (TPSA) is 102 Å². The van der Waals surface area contributed by atoms with Gasteiger partial charge in [0, 0.05) is 44.9 Å². The first-order valence-electron chi connectivity index (χ1n) is 12.3. The van der Waals surface area contributed by atoms with Gasteiger partial charge < -0.3 is 25.8 Å². The van der Waals surface area contributed by atoms with Crippen LogP contribution in [-0.4, -0.2) is 78.4 Å². The molecule has 2 heterocycles. The van der Waals surface area contributed by atoms with Gasteiger partial charge in [-0.25, -0.2) is 9.37 Å². The second kappa shape index (κ2) is 13.9. The van der Waals surface area contributed by atoms with E-state index in [1.165, 1.54) is 12.1 Å². The molecule has 9 nitrogen and oxygen atoms in total. The minimum atomic E-state index is -0.419. The van der Waals surface area contributed by atoms with Gasteiger partial charge in [-0.05, 0) is 51.6 Å². The van der Waals surface area contributed by atoms with Crippen LogP contribution in [0.25, 0.3) is 0 Å². The Labute approximate surface area is 217 Å². The van der Waals surface area contributed by atoms with E-state index in [1.807, 2.05) is 25.1 Å². The van der Waals surface area contributed by atoms with Crippen molar-refractivity contribution in [3.05, 3.63) is 54.0 Å². The summed E-state index contributed by atoms with van der Waals surface area (Å²) < 4.78 is 13.4. The highest BCUT2D eigenvalue weighted by Gasteiger charge is 2.32. The number of amides is 2. The van der Waals surface area contributed by atoms with Crippen LogP contribution in [0.2, 0.25) is 0 Å². The molecule has 0 spiro atoms. The first kappa shape index (κ1) is 27.6. The molecule has 2 aromatic rings. The van der Waals surface area contributed by atoms with Gasteiger partial charge in [-0.2, -0.15) is 4.98 Å². The molecule has 1 saturated heterocycles. The number of hydrogen-bond acceptors (Lipinski definition) is 7. The lowest BCUT2D eigenvalue weighted by Crippen LogP contribution is -2.45. The van der Waals surface area contributed by atoms with Gasteiger partial charge in [-0.15, -0.1) is 0 Å². The fraction of sp³-hybridized carbons (Fsp3) is 0.407. The van der Waals surface area contributed by atoms with Crippen molar-refractivity contribution in [2.45, 2.75) is 31.7 Å². The average Bonchev–Trinajstić information content (AvgIpc) is 3.36. The third kappa shape index (κ3) is 8.58. The first-order chi connectivity index (χ1) is 17.9. The van der Waals surface area contributed by atoms with E-state index in [1.54, 1.807) is 36.4 Å². The molecule has 0 radical (unpaired) electrons. The molecule has 0 unspecified atom stereocenters. The van der Waals surface area contributed by atoms with Crippen LogP contribution in [0.4, 0.5) is 21.8 Å². The van der Waals surface area contributed by atoms with Gasteiger partial charge in [0.15, 0.2) is 0 Å². The van der Waals surface area contributed by atoms with Crippen molar-refractivity contribution in [2.75, 3.05) is 51.4 Å². The molecular formula is C27H34FN7O2. The summed E-state index contributed by atoms with van der Waals surface area (Å²) >= 11 is 0. The van der Waals surface area contributed by atoms with E-state index in [0.717, 1.165) is 6.42 Å². The van der Waals surface area contributed by atoms with E-state index < -0.39 is 6.04 Å². The summed E-state index contributed by atoms with van der Waals surface area (Å²) in [5, 5.41) is 8.90. The Morgan fingerprint density at radius 3 is 2.92 bits per heavy atom. The number of carbonyl (C=O) groups is 2. The van der Waals surface area contributed by atoms with E-state index in [2.05, 4.69) is 37.8 Å². The highest BCUT2D eigenvalue weighted by molar-refractivity contribution is 5.93. The lowest BCUT2D eigenvalue weighted by molar-refractivity contribution is -0.135. The maximum absolute atomic E-state index is 13.4. The van der Waals surface area contributed by atoms with Gasteiger partial charge in [0.2, 0.25) is 17.8 Å². The highest BCUT2D eigenvalue weighted by Crippen LogP contribution is 2.19. The number of nitrogens with zero attached hydrogens (tertiary/aromatic N) is 4. The lowest BCUT2D eigenvalue weighted by atomic mass is 10.2. The molecule has 2 amide bonds. The van der Waals surface area contributed by atoms with Crippen molar-refractivity contribution < 1.29 is 14.0 Å². The summed E-state index contributed by atoms with van der Waals surface area (Å²) in [7, 11) is 5.61. The van der Waals surface area contributed by atoms with Crippen molar-refractivity contribution in [1.82, 2.24) is 25.1 Å². The lowest BCUT2D eigenvalue weighted by Gasteiger charge is -2.22. The molecule has 1 aromatic carbocycles. The number of rotatable bonds is 10. The SMILES string of the molecule is CNc1nc(Nc2cccc(F)c2)ncc1C#CCCCNC(=O)[C@@H]1CCCN1C(=O)C=CCN(C)C. The second-order valence-corrected chi connectivity index (χ2v) is 8.89. The van der Waals surface area contributed by atoms with Crippen molar-refractivity contribution >= 4 is 29.3 Å². The number of nitrogens with one attached hydrogen (secondary N) is 3. The van der Waals surface area contributed by atoms with Gasteiger partial charge in [-0.1, -0.05) is 24.0 Å². The summed E-state index contributed by atoms with van der Waals surface area (Å²) in [4.78, 5) is 37.4. The van der Waals surface area contributed by atoms with Crippen LogP contribution >= 0.6 is 0 Å². The standard InChI is InChI=1S/C27H34FN7O2/c1-29-25-20(19-31-27(33-25)32-22-12-7-11-21(28)18-22)10-5-4-6-15-30-26(37)23-13-8-17-35(23)24(36)14-9-16-34(2)3/h7,9,11-12,14,18-19,23H,4,6,8,13,15-17H2,1-3H3,(H,30,37)(H2,29,31,32,33)/t23-/m0/s1. The molecule has 1 aliphatic heterocycles. The molecule has 37 heavy (non-hydrogen) atoms. The van der Waals surface area contributed by atoms with Gasteiger partial charge in [0.05, 0.1) is 11.8 Å². The van der Waals surface area contributed by atoms with Crippen LogP contribution in [0.1, 0.15) is 31.2 Å².